The van der Waals surface area contributed by atoms with Gasteiger partial charge < -0.3 is 5.32 Å². The van der Waals surface area contributed by atoms with Crippen molar-refractivity contribution >= 4 is 51.7 Å². The van der Waals surface area contributed by atoms with Crippen molar-refractivity contribution in [3.63, 3.8) is 0 Å². The molecule has 0 saturated carbocycles. The Balaban J connectivity index is 1.35. The highest BCUT2D eigenvalue weighted by Gasteiger charge is 2.39. The Hall–Kier alpha value is -3.49. The molecule has 2 aliphatic rings. The molecular weight excluding hydrogens is 511 g/mol. The molecule has 2 aliphatic heterocycles. The van der Waals surface area contributed by atoms with Gasteiger partial charge in [0.2, 0.25) is 5.91 Å². The highest BCUT2D eigenvalue weighted by molar-refractivity contribution is 8.15. The molecule has 0 aliphatic carbocycles. The second-order valence-electron chi connectivity index (χ2n) is 9.05. The molecule has 0 saturated heterocycles. The van der Waals surface area contributed by atoms with E-state index in [4.69, 9.17) is 16.7 Å². The SMILES string of the molecule is Cc1ccc(C2=NN(C3=NC(=O)[C@H](CC(=O)Nc4ccc(C)c(F)c4)S3)[C@H](c3ccccc3Cl)C2)cc1. The lowest BCUT2D eigenvalue weighted by atomic mass is 9.98. The Labute approximate surface area is 223 Å². The second kappa shape index (κ2) is 10.5. The molecule has 2 amide bonds. The van der Waals surface area contributed by atoms with Crippen LogP contribution < -0.4 is 5.32 Å². The van der Waals surface area contributed by atoms with Crippen molar-refractivity contribution < 1.29 is 14.0 Å². The first-order chi connectivity index (χ1) is 17.8. The summed E-state index contributed by atoms with van der Waals surface area (Å²) in [6, 6.07) is 19.9. The lowest BCUT2D eigenvalue weighted by molar-refractivity contribution is -0.121. The van der Waals surface area contributed by atoms with E-state index in [0.29, 0.717) is 27.9 Å². The standard InChI is InChI=1S/C28H24ClFN4O2S/c1-16-7-10-18(11-8-16)23-14-24(20-5-3-4-6-21(20)29)34(33-23)28-32-27(36)25(37-28)15-26(35)31-19-12-9-17(2)22(30)13-19/h3-13,24-25H,14-15H2,1-2H3,(H,31,35)/t24-,25-/m0/s1. The predicted octanol–water partition coefficient (Wildman–Crippen LogP) is 6.27. The molecule has 2 heterocycles. The van der Waals surface area contributed by atoms with Crippen LogP contribution in [0, 0.1) is 19.7 Å². The first-order valence-electron chi connectivity index (χ1n) is 11.8. The van der Waals surface area contributed by atoms with Crippen molar-refractivity contribution in [2.45, 2.75) is 38.0 Å². The number of carbonyl (C=O) groups excluding carboxylic acids is 2. The number of nitrogens with one attached hydrogen (secondary N) is 1. The van der Waals surface area contributed by atoms with Crippen LogP contribution in [0.4, 0.5) is 10.1 Å². The lowest BCUT2D eigenvalue weighted by Gasteiger charge is -2.23. The van der Waals surface area contributed by atoms with Crippen molar-refractivity contribution in [2.24, 2.45) is 10.1 Å². The Morgan fingerprint density at radius 3 is 2.62 bits per heavy atom. The Kier molecular flexibility index (Phi) is 7.13. The fourth-order valence-electron chi connectivity index (χ4n) is 4.25. The van der Waals surface area contributed by atoms with E-state index < -0.39 is 22.9 Å². The average molecular weight is 535 g/mol. The Morgan fingerprint density at radius 1 is 1.14 bits per heavy atom. The van der Waals surface area contributed by atoms with Crippen LogP contribution in [0.1, 0.15) is 41.1 Å². The monoisotopic (exact) mass is 534 g/mol. The largest absolute Gasteiger partial charge is 0.326 e. The molecule has 3 aromatic rings. The number of halogens is 2. The third-order valence-electron chi connectivity index (χ3n) is 6.31. The third kappa shape index (κ3) is 5.45. The van der Waals surface area contributed by atoms with Gasteiger partial charge in [0, 0.05) is 23.6 Å². The van der Waals surface area contributed by atoms with Crippen LogP contribution in [0.2, 0.25) is 5.02 Å². The number of nitrogens with zero attached hydrogens (tertiary/aromatic N) is 3. The van der Waals surface area contributed by atoms with E-state index in [1.807, 2.05) is 55.5 Å². The summed E-state index contributed by atoms with van der Waals surface area (Å²) in [5.41, 5.74) is 4.72. The topological polar surface area (TPSA) is 74.1 Å². The zero-order chi connectivity index (χ0) is 26.1. The summed E-state index contributed by atoms with van der Waals surface area (Å²) in [6.07, 6.45) is 0.496. The van der Waals surface area contributed by atoms with Gasteiger partial charge >= 0.3 is 0 Å². The number of hydrazone groups is 1. The number of aliphatic imine (C=N–C) groups is 1. The van der Waals surface area contributed by atoms with E-state index >= 15 is 0 Å². The van der Waals surface area contributed by atoms with Gasteiger partial charge in [-0.2, -0.15) is 10.1 Å². The number of amidine groups is 1. The number of amides is 2. The molecule has 2 atom stereocenters. The summed E-state index contributed by atoms with van der Waals surface area (Å²) in [7, 11) is 0. The third-order valence-corrected chi connectivity index (χ3v) is 7.80. The normalized spacial score (nSPS) is 19.1. The van der Waals surface area contributed by atoms with Crippen LogP contribution >= 0.6 is 23.4 Å². The molecule has 9 heteroatoms. The fourth-order valence-corrected chi connectivity index (χ4v) is 5.57. The number of thioether (sulfide) groups is 1. The summed E-state index contributed by atoms with van der Waals surface area (Å²) in [5, 5.41) is 9.59. The van der Waals surface area contributed by atoms with Gasteiger partial charge in [-0.3, -0.25) is 9.59 Å². The number of carbonyl (C=O) groups is 2. The van der Waals surface area contributed by atoms with Gasteiger partial charge in [0.1, 0.15) is 11.1 Å². The van der Waals surface area contributed by atoms with Crippen LogP contribution in [0.5, 0.6) is 0 Å². The maximum Gasteiger partial charge on any atom is 0.262 e. The summed E-state index contributed by atoms with van der Waals surface area (Å²) in [5.74, 6) is -1.20. The summed E-state index contributed by atoms with van der Waals surface area (Å²) >= 11 is 7.75. The number of hydrogen-bond donors (Lipinski definition) is 1. The maximum atomic E-state index is 13.8. The molecule has 0 spiro atoms. The number of anilines is 1. The van der Waals surface area contributed by atoms with E-state index in [1.54, 1.807) is 24.1 Å². The first kappa shape index (κ1) is 25.2. The van der Waals surface area contributed by atoms with Gasteiger partial charge in [0.15, 0.2) is 5.17 Å². The average Bonchev–Trinajstić information content (AvgIpc) is 3.46. The number of hydrogen-bond acceptors (Lipinski definition) is 5. The number of rotatable bonds is 5. The smallest absolute Gasteiger partial charge is 0.262 e. The number of benzene rings is 3. The molecule has 0 radical (unpaired) electrons. The van der Waals surface area contributed by atoms with Gasteiger partial charge in [-0.15, -0.1) is 0 Å². The van der Waals surface area contributed by atoms with Crippen LogP contribution in [0.3, 0.4) is 0 Å². The Morgan fingerprint density at radius 2 is 1.89 bits per heavy atom. The van der Waals surface area contributed by atoms with E-state index in [1.165, 1.54) is 17.8 Å². The molecule has 3 aromatic carbocycles. The minimum absolute atomic E-state index is 0.0921. The fraction of sp³-hybridized carbons (Fsp3) is 0.214. The second-order valence-corrected chi connectivity index (χ2v) is 10.6. The van der Waals surface area contributed by atoms with Crippen molar-refractivity contribution in [3.05, 3.63) is 99.8 Å². The van der Waals surface area contributed by atoms with Crippen LogP contribution in [0.15, 0.2) is 76.8 Å². The molecule has 1 N–H and O–H groups in total. The molecular formula is C28H24ClFN4O2S. The van der Waals surface area contributed by atoms with Crippen LogP contribution in [0.25, 0.3) is 0 Å². The summed E-state index contributed by atoms with van der Waals surface area (Å²) in [4.78, 5) is 29.7. The zero-order valence-electron chi connectivity index (χ0n) is 20.2. The molecule has 37 heavy (non-hydrogen) atoms. The summed E-state index contributed by atoms with van der Waals surface area (Å²) in [6.45, 7) is 3.68. The molecule has 188 valence electrons. The van der Waals surface area contributed by atoms with Crippen LogP contribution in [-0.2, 0) is 9.59 Å². The van der Waals surface area contributed by atoms with Gasteiger partial charge in [0.25, 0.3) is 5.91 Å². The van der Waals surface area contributed by atoms with E-state index in [0.717, 1.165) is 22.4 Å². The first-order valence-corrected chi connectivity index (χ1v) is 13.1. The van der Waals surface area contributed by atoms with E-state index in [2.05, 4.69) is 10.3 Å². The van der Waals surface area contributed by atoms with E-state index in [9.17, 15) is 14.0 Å². The van der Waals surface area contributed by atoms with Gasteiger partial charge in [-0.25, -0.2) is 9.40 Å². The van der Waals surface area contributed by atoms with Crippen molar-refractivity contribution in [2.75, 3.05) is 5.32 Å². The predicted molar refractivity (Wildman–Crippen MR) is 147 cm³/mol. The lowest BCUT2D eigenvalue weighted by Crippen LogP contribution is -2.25. The van der Waals surface area contributed by atoms with Crippen molar-refractivity contribution in [1.29, 1.82) is 0 Å². The van der Waals surface area contributed by atoms with E-state index in [-0.39, 0.29) is 12.5 Å². The molecule has 6 nitrogen and oxygen atoms in total. The molecule has 0 aromatic heterocycles. The number of aryl methyl sites for hydroxylation is 2. The van der Waals surface area contributed by atoms with Crippen molar-refractivity contribution in [1.82, 2.24) is 5.01 Å². The highest BCUT2D eigenvalue weighted by Crippen LogP contribution is 2.40. The van der Waals surface area contributed by atoms with Gasteiger partial charge in [-0.05, 0) is 48.7 Å². The van der Waals surface area contributed by atoms with Crippen molar-refractivity contribution in [3.8, 4) is 0 Å². The van der Waals surface area contributed by atoms with Gasteiger partial charge in [-0.1, -0.05) is 77.5 Å². The van der Waals surface area contributed by atoms with Crippen LogP contribution in [-0.4, -0.2) is 33.0 Å². The quantitative estimate of drug-likeness (QED) is 0.418. The Bertz CT molecular complexity index is 1440. The molecule has 0 unspecified atom stereocenters. The molecule has 0 fully saturated rings. The van der Waals surface area contributed by atoms with Gasteiger partial charge in [0.05, 0.1) is 11.8 Å². The highest BCUT2D eigenvalue weighted by atomic mass is 35.5. The molecule has 5 rings (SSSR count). The minimum Gasteiger partial charge on any atom is -0.326 e. The summed E-state index contributed by atoms with van der Waals surface area (Å²) < 4.78 is 13.8. The maximum absolute atomic E-state index is 13.8. The zero-order valence-corrected chi connectivity index (χ0v) is 21.8. The molecule has 0 bridgehead atoms. The minimum atomic E-state index is -0.698.